The molecular weight excluding hydrogens is 270 g/mol. The Balaban J connectivity index is 1.82. The minimum Gasteiger partial charge on any atom is -0.370 e. The Morgan fingerprint density at radius 2 is 2.25 bits per heavy atom. The van der Waals surface area contributed by atoms with Gasteiger partial charge in [-0.3, -0.25) is 4.79 Å². The van der Waals surface area contributed by atoms with Crippen LogP contribution < -0.4 is 10.6 Å². The lowest BCUT2D eigenvalue weighted by Crippen LogP contribution is -2.14. The van der Waals surface area contributed by atoms with Gasteiger partial charge >= 0.3 is 0 Å². The average molecular weight is 289 g/mol. The standard InChI is InChI=1S/C15H19N3OS/c1-2-3-8-16-14-7-6-12(11-17-14)18-15(19)10-13-5-4-9-20-13/h4-7,9,11H,2-3,8,10H2,1H3,(H,16,17)(H,18,19). The first-order chi connectivity index (χ1) is 9.78. The van der Waals surface area contributed by atoms with Crippen molar-refractivity contribution < 1.29 is 4.79 Å². The number of carbonyl (C=O) groups is 1. The summed E-state index contributed by atoms with van der Waals surface area (Å²) in [4.78, 5) is 17.2. The molecule has 0 saturated carbocycles. The zero-order valence-corrected chi connectivity index (χ0v) is 12.4. The van der Waals surface area contributed by atoms with E-state index in [0.29, 0.717) is 6.42 Å². The number of unbranched alkanes of at least 4 members (excludes halogenated alkanes) is 1. The molecule has 5 heteroatoms. The van der Waals surface area contributed by atoms with Gasteiger partial charge < -0.3 is 10.6 Å². The van der Waals surface area contributed by atoms with Crippen molar-refractivity contribution in [1.82, 2.24) is 4.98 Å². The number of anilines is 2. The minimum atomic E-state index is -0.0130. The number of nitrogens with one attached hydrogen (secondary N) is 2. The second kappa shape index (κ2) is 7.65. The third-order valence-electron chi connectivity index (χ3n) is 2.80. The fourth-order valence-corrected chi connectivity index (χ4v) is 2.45. The highest BCUT2D eigenvalue weighted by Crippen LogP contribution is 2.13. The molecule has 0 aliphatic carbocycles. The van der Waals surface area contributed by atoms with Gasteiger partial charge in [0.1, 0.15) is 5.82 Å². The Labute approximate surface area is 123 Å². The molecule has 0 fully saturated rings. The largest absolute Gasteiger partial charge is 0.370 e. The maximum absolute atomic E-state index is 11.8. The van der Waals surface area contributed by atoms with Crippen LogP contribution in [0.5, 0.6) is 0 Å². The van der Waals surface area contributed by atoms with Gasteiger partial charge in [-0.2, -0.15) is 0 Å². The van der Waals surface area contributed by atoms with Crippen LogP contribution in [-0.2, 0) is 11.2 Å². The highest BCUT2D eigenvalue weighted by molar-refractivity contribution is 7.10. The van der Waals surface area contributed by atoms with E-state index in [-0.39, 0.29) is 5.91 Å². The van der Waals surface area contributed by atoms with Gasteiger partial charge in [-0.25, -0.2) is 4.98 Å². The van der Waals surface area contributed by atoms with Crippen LogP contribution in [0, 0.1) is 0 Å². The van der Waals surface area contributed by atoms with Crippen LogP contribution in [0.2, 0.25) is 0 Å². The number of amides is 1. The topological polar surface area (TPSA) is 54.0 Å². The number of rotatable bonds is 7. The predicted molar refractivity (Wildman–Crippen MR) is 84.3 cm³/mol. The summed E-state index contributed by atoms with van der Waals surface area (Å²) in [5.41, 5.74) is 0.729. The van der Waals surface area contributed by atoms with Crippen molar-refractivity contribution in [1.29, 1.82) is 0 Å². The highest BCUT2D eigenvalue weighted by Gasteiger charge is 2.05. The number of thiophene rings is 1. The second-order valence-corrected chi connectivity index (χ2v) is 5.55. The summed E-state index contributed by atoms with van der Waals surface area (Å²) in [5.74, 6) is 0.829. The SMILES string of the molecule is CCCCNc1ccc(NC(=O)Cc2cccs2)cn1. The molecular formula is C15H19N3OS. The lowest BCUT2D eigenvalue weighted by atomic mass is 10.3. The fraction of sp³-hybridized carbons (Fsp3) is 0.333. The van der Waals surface area contributed by atoms with E-state index in [1.807, 2.05) is 29.6 Å². The number of aromatic nitrogens is 1. The molecule has 0 atom stereocenters. The lowest BCUT2D eigenvalue weighted by Gasteiger charge is -2.07. The second-order valence-electron chi connectivity index (χ2n) is 4.52. The third-order valence-corrected chi connectivity index (χ3v) is 3.67. The van der Waals surface area contributed by atoms with Gasteiger partial charge in [0.15, 0.2) is 0 Å². The van der Waals surface area contributed by atoms with Crippen LogP contribution >= 0.6 is 11.3 Å². The molecule has 2 aromatic heterocycles. The predicted octanol–water partition coefficient (Wildman–Crippen LogP) is 3.54. The van der Waals surface area contributed by atoms with Crippen molar-refractivity contribution in [3.63, 3.8) is 0 Å². The molecule has 0 aliphatic heterocycles. The molecule has 1 amide bonds. The Morgan fingerprint density at radius 3 is 2.90 bits per heavy atom. The van der Waals surface area contributed by atoms with Gasteiger partial charge in [-0.1, -0.05) is 19.4 Å². The van der Waals surface area contributed by atoms with Gasteiger partial charge in [0.25, 0.3) is 0 Å². The minimum absolute atomic E-state index is 0.0130. The van der Waals surface area contributed by atoms with Crippen LogP contribution in [0.3, 0.4) is 0 Å². The molecule has 0 saturated heterocycles. The summed E-state index contributed by atoms with van der Waals surface area (Å²) in [5, 5.41) is 8.07. The zero-order valence-electron chi connectivity index (χ0n) is 11.6. The smallest absolute Gasteiger partial charge is 0.229 e. The fourth-order valence-electron chi connectivity index (χ4n) is 1.74. The third kappa shape index (κ3) is 4.66. The molecule has 0 aliphatic rings. The molecule has 20 heavy (non-hydrogen) atoms. The van der Waals surface area contributed by atoms with E-state index in [0.717, 1.165) is 35.8 Å². The summed E-state index contributed by atoms with van der Waals surface area (Å²) in [6.07, 6.45) is 4.37. The number of pyridine rings is 1. The summed E-state index contributed by atoms with van der Waals surface area (Å²) < 4.78 is 0. The number of hydrogen-bond acceptors (Lipinski definition) is 4. The van der Waals surface area contributed by atoms with E-state index in [1.54, 1.807) is 17.5 Å². The molecule has 106 valence electrons. The van der Waals surface area contributed by atoms with Crippen LogP contribution in [0.25, 0.3) is 0 Å². The van der Waals surface area contributed by atoms with Crippen molar-refractivity contribution in [2.75, 3.05) is 17.2 Å². The average Bonchev–Trinajstić information content (AvgIpc) is 2.94. The van der Waals surface area contributed by atoms with E-state index in [9.17, 15) is 4.79 Å². The van der Waals surface area contributed by atoms with Crippen molar-refractivity contribution >= 4 is 28.7 Å². The van der Waals surface area contributed by atoms with Crippen LogP contribution in [0.1, 0.15) is 24.6 Å². The Morgan fingerprint density at radius 1 is 1.35 bits per heavy atom. The maximum Gasteiger partial charge on any atom is 0.229 e. The van der Waals surface area contributed by atoms with E-state index in [2.05, 4.69) is 22.5 Å². The zero-order chi connectivity index (χ0) is 14.2. The van der Waals surface area contributed by atoms with E-state index < -0.39 is 0 Å². The van der Waals surface area contributed by atoms with Crippen LogP contribution in [0.15, 0.2) is 35.8 Å². The highest BCUT2D eigenvalue weighted by atomic mass is 32.1. The molecule has 2 heterocycles. The molecule has 0 spiro atoms. The Bertz CT molecular complexity index is 523. The Kier molecular flexibility index (Phi) is 5.55. The quantitative estimate of drug-likeness (QED) is 0.767. The van der Waals surface area contributed by atoms with Crippen LogP contribution in [-0.4, -0.2) is 17.4 Å². The molecule has 2 aromatic rings. The molecule has 0 bridgehead atoms. The molecule has 2 rings (SSSR count). The molecule has 2 N–H and O–H groups in total. The van der Waals surface area contributed by atoms with Crippen molar-refractivity contribution in [3.05, 3.63) is 40.7 Å². The van der Waals surface area contributed by atoms with Gasteiger partial charge in [0.2, 0.25) is 5.91 Å². The normalized spacial score (nSPS) is 10.2. The number of carbonyl (C=O) groups excluding carboxylic acids is 1. The maximum atomic E-state index is 11.8. The number of hydrogen-bond donors (Lipinski definition) is 2. The van der Waals surface area contributed by atoms with Gasteiger partial charge in [0.05, 0.1) is 18.3 Å². The van der Waals surface area contributed by atoms with E-state index in [1.165, 1.54) is 0 Å². The Hall–Kier alpha value is -1.88. The van der Waals surface area contributed by atoms with Gasteiger partial charge in [0, 0.05) is 11.4 Å². The van der Waals surface area contributed by atoms with Gasteiger partial charge in [-0.15, -0.1) is 11.3 Å². The molecule has 0 aromatic carbocycles. The summed E-state index contributed by atoms with van der Waals surface area (Å²) in [7, 11) is 0. The molecule has 0 unspecified atom stereocenters. The first-order valence-electron chi connectivity index (χ1n) is 6.80. The number of nitrogens with zero attached hydrogens (tertiary/aromatic N) is 1. The van der Waals surface area contributed by atoms with Crippen molar-refractivity contribution in [3.8, 4) is 0 Å². The van der Waals surface area contributed by atoms with Crippen molar-refractivity contribution in [2.24, 2.45) is 0 Å². The van der Waals surface area contributed by atoms with E-state index in [4.69, 9.17) is 0 Å². The first kappa shape index (κ1) is 14.5. The molecule has 0 radical (unpaired) electrons. The molecule has 4 nitrogen and oxygen atoms in total. The summed E-state index contributed by atoms with van der Waals surface area (Å²) >= 11 is 1.59. The van der Waals surface area contributed by atoms with Crippen LogP contribution in [0.4, 0.5) is 11.5 Å². The summed E-state index contributed by atoms with van der Waals surface area (Å²) in [6, 6.07) is 7.67. The summed E-state index contributed by atoms with van der Waals surface area (Å²) in [6.45, 7) is 3.08. The lowest BCUT2D eigenvalue weighted by molar-refractivity contribution is -0.115. The van der Waals surface area contributed by atoms with Gasteiger partial charge in [-0.05, 0) is 30.0 Å². The first-order valence-corrected chi connectivity index (χ1v) is 7.68. The van der Waals surface area contributed by atoms with Crippen molar-refractivity contribution in [2.45, 2.75) is 26.2 Å². The monoisotopic (exact) mass is 289 g/mol. The van der Waals surface area contributed by atoms with E-state index >= 15 is 0 Å².